The lowest BCUT2D eigenvalue weighted by atomic mass is 10.1. The number of rotatable bonds is 3. The van der Waals surface area contributed by atoms with Crippen molar-refractivity contribution in [2.75, 3.05) is 32.9 Å². The fourth-order valence-corrected chi connectivity index (χ4v) is 1.79. The minimum absolute atomic E-state index is 0.240. The first-order chi connectivity index (χ1) is 8.18. The standard InChI is InChI=1S/C13H19NO3/c1-11-3-2-4-12(7-11)17-10-13(15)8-14-5-6-16-9-13/h2-4,7,14-15H,5-6,8-10H2,1H3. The Bertz CT molecular complexity index is 359. The van der Waals surface area contributed by atoms with Crippen LogP contribution in [0, 0.1) is 6.92 Å². The van der Waals surface area contributed by atoms with Crippen molar-refractivity contribution in [2.45, 2.75) is 12.5 Å². The molecule has 1 heterocycles. The molecular weight excluding hydrogens is 218 g/mol. The maximum absolute atomic E-state index is 10.3. The summed E-state index contributed by atoms with van der Waals surface area (Å²) in [6, 6.07) is 7.80. The summed E-state index contributed by atoms with van der Waals surface area (Å²) >= 11 is 0. The van der Waals surface area contributed by atoms with Crippen LogP contribution in [0.1, 0.15) is 5.56 Å². The molecule has 0 bridgehead atoms. The van der Waals surface area contributed by atoms with Gasteiger partial charge in [0.15, 0.2) is 0 Å². The van der Waals surface area contributed by atoms with Crippen molar-refractivity contribution < 1.29 is 14.6 Å². The number of ether oxygens (including phenoxy) is 2. The highest BCUT2D eigenvalue weighted by Gasteiger charge is 2.29. The van der Waals surface area contributed by atoms with E-state index in [1.807, 2.05) is 31.2 Å². The van der Waals surface area contributed by atoms with Gasteiger partial charge in [0.1, 0.15) is 18.0 Å². The van der Waals surface area contributed by atoms with E-state index in [0.29, 0.717) is 19.8 Å². The molecule has 1 atom stereocenters. The van der Waals surface area contributed by atoms with Gasteiger partial charge in [0.2, 0.25) is 0 Å². The van der Waals surface area contributed by atoms with Crippen LogP contribution in [-0.4, -0.2) is 43.6 Å². The van der Waals surface area contributed by atoms with Crippen molar-refractivity contribution in [3.8, 4) is 5.75 Å². The molecule has 0 radical (unpaired) electrons. The summed E-state index contributed by atoms with van der Waals surface area (Å²) in [5.74, 6) is 0.780. The van der Waals surface area contributed by atoms with E-state index in [9.17, 15) is 5.11 Å². The van der Waals surface area contributed by atoms with Gasteiger partial charge in [-0.05, 0) is 24.6 Å². The first kappa shape index (κ1) is 12.4. The average Bonchev–Trinajstić information content (AvgIpc) is 2.53. The third-order valence-electron chi connectivity index (χ3n) is 2.75. The summed E-state index contributed by atoms with van der Waals surface area (Å²) in [5.41, 5.74) is 0.199. The lowest BCUT2D eigenvalue weighted by Crippen LogP contribution is -2.47. The van der Waals surface area contributed by atoms with E-state index in [1.165, 1.54) is 0 Å². The van der Waals surface area contributed by atoms with Crippen LogP contribution in [0.4, 0.5) is 0 Å². The van der Waals surface area contributed by atoms with Crippen molar-refractivity contribution in [1.29, 1.82) is 0 Å². The molecule has 2 rings (SSSR count). The van der Waals surface area contributed by atoms with E-state index in [2.05, 4.69) is 5.32 Å². The van der Waals surface area contributed by atoms with Gasteiger partial charge in [0, 0.05) is 13.1 Å². The number of aryl methyl sites for hydroxylation is 1. The molecule has 4 nitrogen and oxygen atoms in total. The van der Waals surface area contributed by atoms with Gasteiger partial charge in [-0.15, -0.1) is 0 Å². The molecule has 2 N–H and O–H groups in total. The smallest absolute Gasteiger partial charge is 0.134 e. The molecule has 94 valence electrons. The molecule has 1 aromatic carbocycles. The number of hydrogen-bond donors (Lipinski definition) is 2. The number of nitrogens with one attached hydrogen (secondary N) is 1. The second kappa shape index (κ2) is 5.49. The average molecular weight is 237 g/mol. The van der Waals surface area contributed by atoms with Gasteiger partial charge in [0.05, 0.1) is 13.2 Å². The maximum atomic E-state index is 10.3. The van der Waals surface area contributed by atoms with Crippen molar-refractivity contribution in [1.82, 2.24) is 5.32 Å². The third kappa shape index (κ3) is 3.70. The molecule has 0 spiro atoms. The van der Waals surface area contributed by atoms with E-state index in [1.54, 1.807) is 0 Å². The number of aliphatic hydroxyl groups is 1. The Labute approximate surface area is 102 Å². The molecule has 1 aliphatic heterocycles. The van der Waals surface area contributed by atoms with E-state index in [-0.39, 0.29) is 6.61 Å². The van der Waals surface area contributed by atoms with E-state index < -0.39 is 5.60 Å². The lowest BCUT2D eigenvalue weighted by Gasteiger charge is -2.25. The minimum atomic E-state index is -0.944. The molecule has 17 heavy (non-hydrogen) atoms. The first-order valence-corrected chi connectivity index (χ1v) is 5.88. The van der Waals surface area contributed by atoms with E-state index in [0.717, 1.165) is 17.9 Å². The van der Waals surface area contributed by atoms with Crippen molar-refractivity contribution in [3.63, 3.8) is 0 Å². The number of β-amino-alcohol motifs (C(OH)–C–C–N with tert-alkyl or cyclic N) is 1. The van der Waals surface area contributed by atoms with Gasteiger partial charge < -0.3 is 19.9 Å². The van der Waals surface area contributed by atoms with E-state index >= 15 is 0 Å². The zero-order valence-electron chi connectivity index (χ0n) is 10.1. The Balaban J connectivity index is 1.92. The highest BCUT2D eigenvalue weighted by Crippen LogP contribution is 2.15. The van der Waals surface area contributed by atoms with Crippen LogP contribution in [-0.2, 0) is 4.74 Å². The normalized spacial score (nSPS) is 25.3. The first-order valence-electron chi connectivity index (χ1n) is 5.88. The molecule has 0 aliphatic carbocycles. The van der Waals surface area contributed by atoms with Gasteiger partial charge >= 0.3 is 0 Å². The maximum Gasteiger partial charge on any atom is 0.134 e. The summed E-state index contributed by atoms with van der Waals surface area (Å²) in [4.78, 5) is 0. The fourth-order valence-electron chi connectivity index (χ4n) is 1.79. The van der Waals surface area contributed by atoms with Crippen molar-refractivity contribution >= 4 is 0 Å². The zero-order chi connectivity index (χ0) is 12.1. The summed E-state index contributed by atoms with van der Waals surface area (Å²) in [5, 5.41) is 13.4. The van der Waals surface area contributed by atoms with Gasteiger partial charge in [-0.3, -0.25) is 0 Å². The molecule has 0 saturated carbocycles. The van der Waals surface area contributed by atoms with Crippen LogP contribution in [0.5, 0.6) is 5.75 Å². The molecule has 1 fully saturated rings. The quantitative estimate of drug-likeness (QED) is 0.813. The summed E-state index contributed by atoms with van der Waals surface area (Å²) in [6.07, 6.45) is 0. The Morgan fingerprint density at radius 1 is 1.53 bits per heavy atom. The van der Waals surface area contributed by atoms with Gasteiger partial charge in [-0.2, -0.15) is 0 Å². The van der Waals surface area contributed by atoms with Crippen molar-refractivity contribution in [2.24, 2.45) is 0 Å². The molecule has 4 heteroatoms. The van der Waals surface area contributed by atoms with Crippen molar-refractivity contribution in [3.05, 3.63) is 29.8 Å². The topological polar surface area (TPSA) is 50.7 Å². The van der Waals surface area contributed by atoms with Crippen LogP contribution >= 0.6 is 0 Å². The second-order valence-electron chi connectivity index (χ2n) is 4.56. The Morgan fingerprint density at radius 2 is 2.41 bits per heavy atom. The molecule has 1 aliphatic rings. The minimum Gasteiger partial charge on any atom is -0.490 e. The monoisotopic (exact) mass is 237 g/mol. The van der Waals surface area contributed by atoms with Crippen LogP contribution in [0.15, 0.2) is 24.3 Å². The van der Waals surface area contributed by atoms with Crippen LogP contribution < -0.4 is 10.1 Å². The third-order valence-corrected chi connectivity index (χ3v) is 2.75. The Kier molecular flexibility index (Phi) is 3.99. The predicted octanol–water partition coefficient (Wildman–Crippen LogP) is 0.725. The lowest BCUT2D eigenvalue weighted by molar-refractivity contribution is -0.0552. The molecule has 0 amide bonds. The molecule has 0 aromatic heterocycles. The van der Waals surface area contributed by atoms with Crippen LogP contribution in [0.2, 0.25) is 0 Å². The largest absolute Gasteiger partial charge is 0.490 e. The van der Waals surface area contributed by atoms with Gasteiger partial charge in [-0.25, -0.2) is 0 Å². The summed E-state index contributed by atoms with van der Waals surface area (Å²) in [7, 11) is 0. The fraction of sp³-hybridized carbons (Fsp3) is 0.538. The Morgan fingerprint density at radius 3 is 3.24 bits per heavy atom. The zero-order valence-corrected chi connectivity index (χ0v) is 10.1. The predicted molar refractivity (Wildman–Crippen MR) is 65.3 cm³/mol. The summed E-state index contributed by atoms with van der Waals surface area (Å²) < 4.78 is 10.9. The molecular formula is C13H19NO3. The SMILES string of the molecule is Cc1cccc(OCC2(O)CNCCOC2)c1. The number of hydrogen-bond acceptors (Lipinski definition) is 4. The van der Waals surface area contributed by atoms with E-state index in [4.69, 9.17) is 9.47 Å². The van der Waals surface area contributed by atoms with Crippen LogP contribution in [0.25, 0.3) is 0 Å². The Hall–Kier alpha value is -1.10. The molecule has 1 aromatic rings. The molecule has 1 saturated heterocycles. The highest BCUT2D eigenvalue weighted by atomic mass is 16.5. The van der Waals surface area contributed by atoms with Crippen LogP contribution in [0.3, 0.4) is 0 Å². The van der Waals surface area contributed by atoms with Gasteiger partial charge in [-0.1, -0.05) is 12.1 Å². The molecule has 1 unspecified atom stereocenters. The van der Waals surface area contributed by atoms with Gasteiger partial charge in [0.25, 0.3) is 0 Å². The second-order valence-corrected chi connectivity index (χ2v) is 4.56. The highest BCUT2D eigenvalue weighted by molar-refractivity contribution is 5.27. The number of benzene rings is 1. The summed E-state index contributed by atoms with van der Waals surface area (Å²) in [6.45, 7) is 4.46.